The van der Waals surface area contributed by atoms with Gasteiger partial charge in [0.1, 0.15) is 5.82 Å². The molecule has 0 aliphatic carbocycles. The van der Waals surface area contributed by atoms with Crippen LogP contribution in [-0.4, -0.2) is 23.1 Å². The topological polar surface area (TPSA) is 80.3 Å². The largest absolute Gasteiger partial charge is 0.224 e. The molecule has 0 spiro atoms. The van der Waals surface area contributed by atoms with E-state index in [0.717, 1.165) is 12.3 Å². The van der Waals surface area contributed by atoms with E-state index in [4.69, 9.17) is 11.6 Å². The van der Waals surface area contributed by atoms with Gasteiger partial charge in [-0.25, -0.2) is 25.9 Å². The Bertz CT molecular complexity index is 953. The second-order valence-electron chi connectivity index (χ2n) is 5.64. The lowest BCUT2D eigenvalue weighted by molar-refractivity contribution is 0.561. The second kappa shape index (κ2) is 7.41. The molecule has 1 atom stereocenters. The summed E-state index contributed by atoms with van der Waals surface area (Å²) in [6, 6.07) is 9.20. The van der Waals surface area contributed by atoms with E-state index < -0.39 is 37.5 Å². The number of rotatable bonds is 6. The lowest BCUT2D eigenvalue weighted by Gasteiger charge is -2.15. The number of benzene rings is 2. The van der Waals surface area contributed by atoms with Crippen LogP contribution in [0, 0.1) is 5.82 Å². The highest BCUT2D eigenvalue weighted by molar-refractivity contribution is 7.90. The first-order valence-electron chi connectivity index (χ1n) is 7.22. The molecule has 0 amide bonds. The lowest BCUT2D eigenvalue weighted by atomic mass is 10.1. The molecule has 0 aromatic heterocycles. The first-order valence-corrected chi connectivity index (χ1v) is 11.1. The molecular weight excluding hydrogens is 389 g/mol. The van der Waals surface area contributed by atoms with Crippen molar-refractivity contribution in [2.45, 2.75) is 23.6 Å². The minimum absolute atomic E-state index is 0.0375. The van der Waals surface area contributed by atoms with Crippen molar-refractivity contribution in [2.75, 3.05) is 6.26 Å². The Balaban J connectivity index is 2.17. The molecule has 0 aliphatic heterocycles. The Morgan fingerprint density at radius 3 is 2.20 bits per heavy atom. The van der Waals surface area contributed by atoms with Crippen molar-refractivity contribution < 1.29 is 21.2 Å². The summed E-state index contributed by atoms with van der Waals surface area (Å²) in [4.78, 5) is 0.143. The van der Waals surface area contributed by atoms with E-state index in [9.17, 15) is 21.2 Å². The molecule has 1 N–H and O–H groups in total. The van der Waals surface area contributed by atoms with Gasteiger partial charge in [-0.3, -0.25) is 0 Å². The Hall–Kier alpha value is -1.48. The molecule has 0 unspecified atom stereocenters. The van der Waals surface area contributed by atoms with Crippen molar-refractivity contribution in [3.8, 4) is 0 Å². The molecule has 0 saturated carbocycles. The van der Waals surface area contributed by atoms with Crippen molar-refractivity contribution in [1.82, 2.24) is 4.72 Å². The average Bonchev–Trinajstić information content (AvgIpc) is 2.50. The van der Waals surface area contributed by atoms with Crippen molar-refractivity contribution in [3.63, 3.8) is 0 Å². The molecule has 0 aliphatic rings. The van der Waals surface area contributed by atoms with Gasteiger partial charge in [0.05, 0.1) is 10.6 Å². The Labute approximate surface area is 151 Å². The first kappa shape index (κ1) is 19.8. The van der Waals surface area contributed by atoms with Crippen LogP contribution < -0.4 is 4.72 Å². The van der Waals surface area contributed by atoms with E-state index in [1.165, 1.54) is 36.4 Å². The van der Waals surface area contributed by atoms with Crippen LogP contribution in [0.1, 0.15) is 24.1 Å². The number of hydrogen-bond acceptors (Lipinski definition) is 4. The highest BCUT2D eigenvalue weighted by Crippen LogP contribution is 2.23. The van der Waals surface area contributed by atoms with E-state index in [-0.39, 0.29) is 15.5 Å². The van der Waals surface area contributed by atoms with Gasteiger partial charge in [-0.05, 0) is 36.8 Å². The second-order valence-corrected chi connectivity index (χ2v) is 9.82. The van der Waals surface area contributed by atoms with Gasteiger partial charge in [0.15, 0.2) is 9.84 Å². The maximum Gasteiger partial charge on any atom is 0.216 e. The minimum Gasteiger partial charge on any atom is -0.224 e. The maximum absolute atomic E-state index is 13.8. The highest BCUT2D eigenvalue weighted by Gasteiger charge is 2.20. The van der Waals surface area contributed by atoms with Crippen LogP contribution in [0.4, 0.5) is 4.39 Å². The molecule has 0 saturated heterocycles. The molecule has 2 aromatic carbocycles. The molecule has 136 valence electrons. The summed E-state index contributed by atoms with van der Waals surface area (Å²) in [5.41, 5.74) is 0.479. The molecule has 25 heavy (non-hydrogen) atoms. The summed E-state index contributed by atoms with van der Waals surface area (Å²) >= 11 is 5.86. The normalized spacial score (nSPS) is 13.6. The zero-order valence-corrected chi connectivity index (χ0v) is 15.9. The molecule has 5 nitrogen and oxygen atoms in total. The predicted molar refractivity (Wildman–Crippen MR) is 95.1 cm³/mol. The van der Waals surface area contributed by atoms with E-state index >= 15 is 0 Å². The first-order chi connectivity index (χ1) is 11.5. The summed E-state index contributed by atoms with van der Waals surface area (Å²) in [5, 5.41) is 0.0375. The van der Waals surface area contributed by atoms with Gasteiger partial charge in [0.2, 0.25) is 10.0 Å². The van der Waals surface area contributed by atoms with Crippen molar-refractivity contribution >= 4 is 31.5 Å². The zero-order chi connectivity index (χ0) is 18.8. The third-order valence-electron chi connectivity index (χ3n) is 3.56. The summed E-state index contributed by atoms with van der Waals surface area (Å²) in [6.07, 6.45) is 1.09. The average molecular weight is 406 g/mol. The van der Waals surface area contributed by atoms with Gasteiger partial charge in [-0.1, -0.05) is 29.8 Å². The zero-order valence-electron chi connectivity index (χ0n) is 13.5. The lowest BCUT2D eigenvalue weighted by Crippen LogP contribution is -2.28. The van der Waals surface area contributed by atoms with Crippen molar-refractivity contribution in [1.29, 1.82) is 0 Å². The molecule has 0 heterocycles. The van der Waals surface area contributed by atoms with Gasteiger partial charge < -0.3 is 0 Å². The van der Waals surface area contributed by atoms with Crippen LogP contribution in [0.15, 0.2) is 47.4 Å². The van der Waals surface area contributed by atoms with Crippen molar-refractivity contribution in [2.24, 2.45) is 0 Å². The SMILES string of the molecule is C[C@H](NS(=O)(=O)Cc1c(F)cccc1Cl)c1ccc(S(C)(=O)=O)cc1. The molecule has 2 rings (SSSR count). The van der Waals surface area contributed by atoms with E-state index in [1.54, 1.807) is 6.92 Å². The van der Waals surface area contributed by atoms with Crippen LogP contribution in [0.5, 0.6) is 0 Å². The van der Waals surface area contributed by atoms with Crippen LogP contribution in [0.2, 0.25) is 5.02 Å². The van der Waals surface area contributed by atoms with Gasteiger partial charge >= 0.3 is 0 Å². The highest BCUT2D eigenvalue weighted by atomic mass is 35.5. The molecule has 0 radical (unpaired) electrons. The Morgan fingerprint density at radius 1 is 1.08 bits per heavy atom. The smallest absolute Gasteiger partial charge is 0.216 e. The fraction of sp³-hybridized carbons (Fsp3) is 0.250. The number of sulfone groups is 1. The molecule has 0 fully saturated rings. The van der Waals surface area contributed by atoms with E-state index in [2.05, 4.69) is 4.72 Å². The monoisotopic (exact) mass is 405 g/mol. The summed E-state index contributed by atoms with van der Waals surface area (Å²) < 4.78 is 63.7. The van der Waals surface area contributed by atoms with Gasteiger partial charge in [-0.15, -0.1) is 0 Å². The van der Waals surface area contributed by atoms with Crippen LogP contribution >= 0.6 is 11.6 Å². The Morgan fingerprint density at radius 2 is 1.68 bits per heavy atom. The van der Waals surface area contributed by atoms with Crippen LogP contribution in [0.3, 0.4) is 0 Å². The van der Waals surface area contributed by atoms with E-state index in [1.807, 2.05) is 0 Å². The van der Waals surface area contributed by atoms with Gasteiger partial charge in [0, 0.05) is 22.9 Å². The fourth-order valence-electron chi connectivity index (χ4n) is 2.24. The van der Waals surface area contributed by atoms with Crippen molar-refractivity contribution in [3.05, 3.63) is 64.4 Å². The third-order valence-corrected chi connectivity index (χ3v) is 6.42. The maximum atomic E-state index is 13.8. The quantitative estimate of drug-likeness (QED) is 0.800. The van der Waals surface area contributed by atoms with Gasteiger partial charge in [-0.2, -0.15) is 0 Å². The Kier molecular flexibility index (Phi) is 5.88. The summed E-state index contributed by atoms with van der Waals surface area (Å²) in [5.74, 6) is -1.28. The fourth-order valence-corrected chi connectivity index (χ4v) is 4.61. The standard InChI is InChI=1S/C16H17ClFNO4S2/c1-11(12-6-8-13(9-7-12)24(2,20)21)19-25(22,23)10-14-15(17)4-3-5-16(14)18/h3-9,11,19H,10H2,1-2H3/t11-/m0/s1. The van der Waals surface area contributed by atoms with Crippen LogP contribution in [0.25, 0.3) is 0 Å². The van der Waals surface area contributed by atoms with Gasteiger partial charge in [0.25, 0.3) is 0 Å². The summed E-state index contributed by atoms with van der Waals surface area (Å²) in [6.45, 7) is 1.61. The summed E-state index contributed by atoms with van der Waals surface area (Å²) in [7, 11) is -7.18. The molecular formula is C16H17ClFNO4S2. The predicted octanol–water partition coefficient (Wildman–Crippen LogP) is 3.06. The number of nitrogens with one attached hydrogen (secondary N) is 1. The number of halogens is 2. The molecule has 2 aromatic rings. The number of hydrogen-bond donors (Lipinski definition) is 1. The minimum atomic E-state index is -3.86. The molecule has 0 bridgehead atoms. The number of sulfonamides is 1. The van der Waals surface area contributed by atoms with E-state index in [0.29, 0.717) is 5.56 Å². The third kappa shape index (κ3) is 5.24. The van der Waals surface area contributed by atoms with Crippen LogP contribution in [-0.2, 0) is 25.6 Å². The molecule has 9 heteroatoms.